The molecule has 0 radical (unpaired) electrons. The average molecular weight is 309 g/mol. The molecule has 0 aromatic heterocycles. The molecule has 1 aromatic carbocycles. The third-order valence-corrected chi connectivity index (χ3v) is 2.86. The number of hydrogen-bond acceptors (Lipinski definition) is 4. The highest BCUT2D eigenvalue weighted by Gasteiger charge is 2.23. The number of phenols is 1. The van der Waals surface area contributed by atoms with E-state index in [2.05, 4.69) is 5.32 Å². The van der Waals surface area contributed by atoms with Gasteiger partial charge in [-0.05, 0) is 57.7 Å². The Morgan fingerprint density at radius 3 is 2.55 bits per heavy atom. The minimum atomic E-state index is -1.10. The van der Waals surface area contributed by atoms with Gasteiger partial charge in [0.15, 0.2) is 0 Å². The number of benzene rings is 1. The molecule has 0 spiro atoms. The number of aromatic hydroxyl groups is 1. The van der Waals surface area contributed by atoms with Crippen LogP contribution in [0.15, 0.2) is 24.3 Å². The van der Waals surface area contributed by atoms with Crippen LogP contribution in [-0.2, 0) is 16.0 Å². The number of hydrogen-bond donors (Lipinski definition) is 3. The van der Waals surface area contributed by atoms with E-state index < -0.39 is 23.7 Å². The maximum absolute atomic E-state index is 11.6. The van der Waals surface area contributed by atoms with Crippen LogP contribution in [0.5, 0.6) is 5.75 Å². The lowest BCUT2D eigenvalue weighted by molar-refractivity contribution is -0.139. The highest BCUT2D eigenvalue weighted by Crippen LogP contribution is 2.14. The molecule has 22 heavy (non-hydrogen) atoms. The number of alkyl carbamates (subject to hydrolysis) is 1. The zero-order valence-electron chi connectivity index (χ0n) is 13.1. The summed E-state index contributed by atoms with van der Waals surface area (Å²) < 4.78 is 5.05. The lowest BCUT2D eigenvalue weighted by Crippen LogP contribution is -2.43. The number of carbonyl (C=O) groups is 2. The molecule has 0 saturated heterocycles. The van der Waals surface area contributed by atoms with Gasteiger partial charge in [-0.25, -0.2) is 9.59 Å². The van der Waals surface area contributed by atoms with Crippen molar-refractivity contribution in [1.82, 2.24) is 5.32 Å². The van der Waals surface area contributed by atoms with Gasteiger partial charge in [-0.1, -0.05) is 12.1 Å². The fraction of sp³-hybridized carbons (Fsp3) is 0.500. The van der Waals surface area contributed by atoms with Gasteiger partial charge < -0.3 is 20.3 Å². The number of aliphatic carboxylic acids is 1. The van der Waals surface area contributed by atoms with Crippen LogP contribution in [0.25, 0.3) is 0 Å². The zero-order chi connectivity index (χ0) is 16.8. The summed E-state index contributed by atoms with van der Waals surface area (Å²) in [5, 5.41) is 20.9. The van der Waals surface area contributed by atoms with E-state index in [1.54, 1.807) is 39.0 Å². The summed E-state index contributed by atoms with van der Waals surface area (Å²) in [6.45, 7) is 5.14. The third-order valence-electron chi connectivity index (χ3n) is 2.86. The number of amides is 1. The topological polar surface area (TPSA) is 95.9 Å². The molecule has 1 aromatic rings. The summed E-state index contributed by atoms with van der Waals surface area (Å²) in [4.78, 5) is 22.8. The molecule has 1 unspecified atom stereocenters. The van der Waals surface area contributed by atoms with E-state index in [0.29, 0.717) is 12.8 Å². The van der Waals surface area contributed by atoms with Crippen LogP contribution in [0, 0.1) is 0 Å². The monoisotopic (exact) mass is 309 g/mol. The summed E-state index contributed by atoms with van der Waals surface area (Å²) in [6, 6.07) is 5.81. The average Bonchev–Trinajstić information content (AvgIpc) is 2.35. The SMILES string of the molecule is CC(C)(C)OC(=O)NC(CCCc1cccc(O)c1)C(=O)O. The van der Waals surface area contributed by atoms with Crippen molar-refractivity contribution < 1.29 is 24.5 Å². The highest BCUT2D eigenvalue weighted by molar-refractivity contribution is 5.79. The molecule has 3 N–H and O–H groups in total. The van der Waals surface area contributed by atoms with Gasteiger partial charge in [-0.15, -0.1) is 0 Å². The van der Waals surface area contributed by atoms with Crippen LogP contribution in [0.3, 0.4) is 0 Å². The van der Waals surface area contributed by atoms with Gasteiger partial charge in [0.2, 0.25) is 0 Å². The van der Waals surface area contributed by atoms with Crippen LogP contribution in [0.4, 0.5) is 4.79 Å². The van der Waals surface area contributed by atoms with Crippen molar-refractivity contribution in [3.05, 3.63) is 29.8 Å². The summed E-state index contributed by atoms with van der Waals surface area (Å²) in [7, 11) is 0. The second-order valence-electron chi connectivity index (χ2n) is 6.10. The molecule has 1 rings (SSSR count). The lowest BCUT2D eigenvalue weighted by Gasteiger charge is -2.22. The first kappa shape index (κ1) is 17.8. The number of nitrogens with one attached hydrogen (secondary N) is 1. The van der Waals surface area contributed by atoms with Crippen molar-refractivity contribution in [1.29, 1.82) is 0 Å². The van der Waals surface area contributed by atoms with Crippen LogP contribution in [0.1, 0.15) is 39.2 Å². The summed E-state index contributed by atoms with van der Waals surface area (Å²) in [6.07, 6.45) is 0.728. The Morgan fingerprint density at radius 2 is 2.00 bits per heavy atom. The van der Waals surface area contributed by atoms with Crippen LogP contribution >= 0.6 is 0 Å². The first-order valence-electron chi connectivity index (χ1n) is 7.17. The van der Waals surface area contributed by atoms with E-state index in [1.807, 2.05) is 6.07 Å². The van der Waals surface area contributed by atoms with Crippen LogP contribution in [0.2, 0.25) is 0 Å². The molecule has 122 valence electrons. The Hall–Kier alpha value is -2.24. The number of carboxylic acids is 1. The standard InChI is InChI=1S/C16H23NO5/c1-16(2,3)22-15(21)17-13(14(19)20)9-5-7-11-6-4-8-12(18)10-11/h4,6,8,10,13,18H,5,7,9H2,1-3H3,(H,17,21)(H,19,20). The molecule has 0 aliphatic rings. The maximum atomic E-state index is 11.6. The molecular formula is C16H23NO5. The number of carboxylic acid groups (broad SMARTS) is 1. The first-order chi connectivity index (χ1) is 10.2. The Kier molecular flexibility index (Phi) is 6.22. The molecular weight excluding hydrogens is 286 g/mol. The van der Waals surface area contributed by atoms with Crippen molar-refractivity contribution >= 4 is 12.1 Å². The highest BCUT2D eigenvalue weighted by atomic mass is 16.6. The van der Waals surface area contributed by atoms with E-state index in [-0.39, 0.29) is 12.2 Å². The molecule has 0 bridgehead atoms. The van der Waals surface area contributed by atoms with Crippen molar-refractivity contribution in [2.75, 3.05) is 0 Å². The van der Waals surface area contributed by atoms with Crippen LogP contribution < -0.4 is 5.32 Å². The van der Waals surface area contributed by atoms with E-state index in [0.717, 1.165) is 5.56 Å². The van der Waals surface area contributed by atoms with Gasteiger partial charge in [0.1, 0.15) is 17.4 Å². The largest absolute Gasteiger partial charge is 0.508 e. The molecule has 6 heteroatoms. The Labute approximate surface area is 130 Å². The second-order valence-corrected chi connectivity index (χ2v) is 6.10. The molecule has 0 heterocycles. The summed E-state index contributed by atoms with van der Waals surface area (Å²) >= 11 is 0. The van der Waals surface area contributed by atoms with Gasteiger partial charge in [0.25, 0.3) is 0 Å². The normalized spacial score (nSPS) is 12.5. The minimum absolute atomic E-state index is 0.180. The number of rotatable bonds is 6. The van der Waals surface area contributed by atoms with E-state index in [4.69, 9.17) is 9.84 Å². The van der Waals surface area contributed by atoms with Gasteiger partial charge in [0, 0.05) is 0 Å². The molecule has 1 atom stereocenters. The second kappa shape index (κ2) is 7.68. The molecule has 6 nitrogen and oxygen atoms in total. The first-order valence-corrected chi connectivity index (χ1v) is 7.17. The van der Waals surface area contributed by atoms with Gasteiger partial charge in [-0.2, -0.15) is 0 Å². The van der Waals surface area contributed by atoms with Crippen LogP contribution in [-0.4, -0.2) is 33.9 Å². The zero-order valence-corrected chi connectivity index (χ0v) is 13.1. The smallest absolute Gasteiger partial charge is 0.408 e. The van der Waals surface area contributed by atoms with Crippen molar-refractivity contribution in [2.45, 2.75) is 51.7 Å². The van der Waals surface area contributed by atoms with Gasteiger partial charge in [-0.3, -0.25) is 0 Å². The molecule has 0 saturated carbocycles. The minimum Gasteiger partial charge on any atom is -0.508 e. The Balaban J connectivity index is 2.48. The maximum Gasteiger partial charge on any atom is 0.408 e. The van der Waals surface area contributed by atoms with E-state index in [9.17, 15) is 14.7 Å². The predicted octanol–water partition coefficient (Wildman–Crippen LogP) is 2.69. The number of ether oxygens (including phenoxy) is 1. The fourth-order valence-electron chi connectivity index (χ4n) is 1.93. The fourth-order valence-corrected chi connectivity index (χ4v) is 1.93. The summed E-state index contributed by atoms with van der Waals surface area (Å²) in [5.41, 5.74) is 0.246. The number of phenolic OH excluding ortho intramolecular Hbond substituents is 1. The third kappa shape index (κ3) is 6.97. The quantitative estimate of drug-likeness (QED) is 0.751. The van der Waals surface area contributed by atoms with Gasteiger partial charge >= 0.3 is 12.1 Å². The van der Waals surface area contributed by atoms with Gasteiger partial charge in [0.05, 0.1) is 0 Å². The van der Waals surface area contributed by atoms with E-state index in [1.165, 1.54) is 0 Å². The number of carbonyl (C=O) groups excluding carboxylic acids is 1. The molecule has 0 aliphatic heterocycles. The Morgan fingerprint density at radius 1 is 1.32 bits per heavy atom. The molecule has 1 amide bonds. The predicted molar refractivity (Wildman–Crippen MR) is 81.8 cm³/mol. The Bertz CT molecular complexity index is 522. The summed E-state index contributed by atoms with van der Waals surface area (Å²) in [5.74, 6) is -0.916. The molecule has 0 fully saturated rings. The number of aryl methyl sites for hydroxylation is 1. The van der Waals surface area contributed by atoms with E-state index >= 15 is 0 Å². The van der Waals surface area contributed by atoms with Crippen molar-refractivity contribution in [3.8, 4) is 5.75 Å². The lowest BCUT2D eigenvalue weighted by atomic mass is 10.0. The van der Waals surface area contributed by atoms with Crippen molar-refractivity contribution in [2.24, 2.45) is 0 Å². The van der Waals surface area contributed by atoms with Crippen molar-refractivity contribution in [3.63, 3.8) is 0 Å². The molecule has 0 aliphatic carbocycles.